The zero-order valence-corrected chi connectivity index (χ0v) is 11.8. The van der Waals surface area contributed by atoms with E-state index in [2.05, 4.69) is 0 Å². The first-order chi connectivity index (χ1) is 9.95. The molecule has 0 aliphatic carbocycles. The average molecular weight is 294 g/mol. The van der Waals surface area contributed by atoms with Crippen LogP contribution in [0.4, 0.5) is 5.69 Å². The minimum atomic E-state index is -0.965. The van der Waals surface area contributed by atoms with Crippen molar-refractivity contribution in [3.8, 4) is 0 Å². The Hall–Kier alpha value is -2.44. The molecule has 114 valence electrons. The van der Waals surface area contributed by atoms with Crippen LogP contribution in [0.15, 0.2) is 24.3 Å². The van der Waals surface area contributed by atoms with E-state index in [0.717, 1.165) is 12.8 Å². The molecule has 0 heterocycles. The number of rotatable bonds is 8. The topological polar surface area (TPSA) is 101 Å². The van der Waals surface area contributed by atoms with Crippen LogP contribution in [0.25, 0.3) is 0 Å². The van der Waals surface area contributed by atoms with Crippen molar-refractivity contribution in [2.45, 2.75) is 26.2 Å². The first-order valence-electron chi connectivity index (χ1n) is 6.71. The van der Waals surface area contributed by atoms with E-state index in [0.29, 0.717) is 12.1 Å². The number of nitro benzene ring substituents is 1. The summed E-state index contributed by atoms with van der Waals surface area (Å²) in [6.07, 6.45) is 1.54. The van der Waals surface area contributed by atoms with Crippen molar-refractivity contribution >= 4 is 17.6 Å². The van der Waals surface area contributed by atoms with E-state index in [1.807, 2.05) is 6.92 Å². The van der Waals surface area contributed by atoms with Gasteiger partial charge < -0.3 is 10.0 Å². The van der Waals surface area contributed by atoms with Gasteiger partial charge in [0.05, 0.1) is 11.3 Å². The van der Waals surface area contributed by atoms with Crippen LogP contribution in [0.1, 0.15) is 36.5 Å². The van der Waals surface area contributed by atoms with Gasteiger partial charge in [-0.1, -0.05) is 13.3 Å². The van der Waals surface area contributed by atoms with Crippen LogP contribution in [0.2, 0.25) is 0 Å². The maximum Gasteiger partial charge on any atom is 0.305 e. The molecule has 0 aliphatic rings. The lowest BCUT2D eigenvalue weighted by molar-refractivity contribution is -0.384. The standard InChI is InChI=1S/C14H18N2O5/c1-2-3-9-15(10-8-13(17)18)14(19)11-4-6-12(7-5-11)16(20)21/h4-7H,2-3,8-10H2,1H3,(H,17,18). The summed E-state index contributed by atoms with van der Waals surface area (Å²) in [5, 5.41) is 19.3. The number of hydrogen-bond donors (Lipinski definition) is 1. The normalized spacial score (nSPS) is 10.1. The summed E-state index contributed by atoms with van der Waals surface area (Å²) in [6.45, 7) is 2.58. The number of aliphatic carboxylic acids is 1. The van der Waals surface area contributed by atoms with Crippen LogP contribution in [0.3, 0.4) is 0 Å². The fourth-order valence-electron chi connectivity index (χ4n) is 1.80. The number of non-ortho nitro benzene ring substituents is 1. The molecule has 7 heteroatoms. The third-order valence-electron chi connectivity index (χ3n) is 2.99. The number of carbonyl (C=O) groups is 2. The molecule has 0 spiro atoms. The number of benzene rings is 1. The number of nitrogens with zero attached hydrogens (tertiary/aromatic N) is 2. The smallest absolute Gasteiger partial charge is 0.305 e. The van der Waals surface area contributed by atoms with Crippen LogP contribution >= 0.6 is 0 Å². The molecule has 1 N–H and O–H groups in total. The predicted molar refractivity (Wildman–Crippen MR) is 76.2 cm³/mol. The minimum Gasteiger partial charge on any atom is -0.481 e. The Morgan fingerprint density at radius 1 is 1.24 bits per heavy atom. The molecule has 7 nitrogen and oxygen atoms in total. The van der Waals surface area contributed by atoms with Gasteiger partial charge in [0.15, 0.2) is 0 Å². The highest BCUT2D eigenvalue weighted by Gasteiger charge is 2.17. The second kappa shape index (κ2) is 7.98. The number of amides is 1. The van der Waals surface area contributed by atoms with Crippen molar-refractivity contribution in [2.24, 2.45) is 0 Å². The number of hydrogen-bond acceptors (Lipinski definition) is 4. The van der Waals surface area contributed by atoms with Gasteiger partial charge in [0, 0.05) is 30.8 Å². The Morgan fingerprint density at radius 2 is 1.86 bits per heavy atom. The molecule has 0 saturated heterocycles. The fourth-order valence-corrected chi connectivity index (χ4v) is 1.80. The molecule has 0 bridgehead atoms. The van der Waals surface area contributed by atoms with Crippen LogP contribution in [-0.2, 0) is 4.79 Å². The molecule has 0 atom stereocenters. The van der Waals surface area contributed by atoms with E-state index in [1.165, 1.54) is 29.2 Å². The zero-order chi connectivity index (χ0) is 15.8. The summed E-state index contributed by atoms with van der Waals surface area (Å²) in [6, 6.07) is 5.31. The molecule has 0 radical (unpaired) electrons. The van der Waals surface area contributed by atoms with Gasteiger partial charge in [-0.2, -0.15) is 0 Å². The molecular weight excluding hydrogens is 276 g/mol. The van der Waals surface area contributed by atoms with Gasteiger partial charge in [0.25, 0.3) is 11.6 Å². The molecule has 1 amide bonds. The van der Waals surface area contributed by atoms with Gasteiger partial charge in [0.2, 0.25) is 0 Å². The second-order valence-electron chi connectivity index (χ2n) is 4.59. The molecule has 0 aromatic heterocycles. The molecule has 1 rings (SSSR count). The Balaban J connectivity index is 2.82. The van der Waals surface area contributed by atoms with E-state index in [9.17, 15) is 19.7 Å². The van der Waals surface area contributed by atoms with E-state index in [1.54, 1.807) is 0 Å². The molecule has 21 heavy (non-hydrogen) atoms. The Labute approximate surface area is 122 Å². The lowest BCUT2D eigenvalue weighted by Crippen LogP contribution is -2.33. The van der Waals surface area contributed by atoms with Crippen LogP contribution in [0.5, 0.6) is 0 Å². The first-order valence-corrected chi connectivity index (χ1v) is 6.71. The molecular formula is C14H18N2O5. The van der Waals surface area contributed by atoms with Gasteiger partial charge >= 0.3 is 5.97 Å². The maximum atomic E-state index is 12.3. The molecule has 0 aliphatic heterocycles. The van der Waals surface area contributed by atoms with Gasteiger partial charge in [-0.25, -0.2) is 0 Å². The number of unbranched alkanes of at least 4 members (excludes halogenated alkanes) is 1. The van der Waals surface area contributed by atoms with Crippen molar-refractivity contribution in [1.82, 2.24) is 4.90 Å². The summed E-state index contributed by atoms with van der Waals surface area (Å²) >= 11 is 0. The van der Waals surface area contributed by atoms with E-state index >= 15 is 0 Å². The molecule has 0 unspecified atom stereocenters. The minimum absolute atomic E-state index is 0.0859. The molecule has 0 fully saturated rings. The van der Waals surface area contributed by atoms with E-state index < -0.39 is 10.9 Å². The Morgan fingerprint density at radius 3 is 2.33 bits per heavy atom. The number of carboxylic acid groups (broad SMARTS) is 1. The van der Waals surface area contributed by atoms with Crippen molar-refractivity contribution in [1.29, 1.82) is 0 Å². The van der Waals surface area contributed by atoms with Gasteiger partial charge in [0.1, 0.15) is 0 Å². The lowest BCUT2D eigenvalue weighted by atomic mass is 10.1. The van der Waals surface area contributed by atoms with Gasteiger partial charge in [-0.3, -0.25) is 19.7 Å². The summed E-state index contributed by atoms with van der Waals surface area (Å²) < 4.78 is 0. The first kappa shape index (κ1) is 16.6. The lowest BCUT2D eigenvalue weighted by Gasteiger charge is -2.21. The van der Waals surface area contributed by atoms with Gasteiger partial charge in [-0.15, -0.1) is 0 Å². The predicted octanol–water partition coefficient (Wildman–Crippen LogP) is 2.31. The van der Waals surface area contributed by atoms with Crippen molar-refractivity contribution in [3.63, 3.8) is 0 Å². The third kappa shape index (κ3) is 5.21. The summed E-state index contributed by atoms with van der Waals surface area (Å²) in [7, 11) is 0. The summed E-state index contributed by atoms with van der Waals surface area (Å²) in [5.41, 5.74) is 0.235. The van der Waals surface area contributed by atoms with Gasteiger partial charge in [-0.05, 0) is 18.6 Å². The molecule has 0 saturated carbocycles. The zero-order valence-electron chi connectivity index (χ0n) is 11.8. The highest BCUT2D eigenvalue weighted by molar-refractivity contribution is 5.94. The van der Waals surface area contributed by atoms with Crippen LogP contribution in [0, 0.1) is 10.1 Å². The average Bonchev–Trinajstić information content (AvgIpc) is 2.46. The largest absolute Gasteiger partial charge is 0.481 e. The molecule has 1 aromatic carbocycles. The van der Waals surface area contributed by atoms with Crippen LogP contribution < -0.4 is 0 Å². The SMILES string of the molecule is CCCCN(CCC(=O)O)C(=O)c1ccc([N+](=O)[O-])cc1. The quantitative estimate of drug-likeness (QED) is 0.585. The fraction of sp³-hybridized carbons (Fsp3) is 0.429. The Bertz CT molecular complexity index is 513. The number of nitro groups is 1. The number of carboxylic acids is 1. The van der Waals surface area contributed by atoms with Crippen molar-refractivity contribution in [3.05, 3.63) is 39.9 Å². The van der Waals surface area contributed by atoms with E-state index in [-0.39, 0.29) is 24.6 Å². The van der Waals surface area contributed by atoms with Crippen LogP contribution in [-0.4, -0.2) is 39.9 Å². The summed E-state index contributed by atoms with van der Waals surface area (Å²) in [5.74, 6) is -1.27. The number of carbonyl (C=O) groups excluding carboxylic acids is 1. The third-order valence-corrected chi connectivity index (χ3v) is 2.99. The van der Waals surface area contributed by atoms with Crippen molar-refractivity contribution < 1.29 is 19.6 Å². The van der Waals surface area contributed by atoms with E-state index in [4.69, 9.17) is 5.11 Å². The van der Waals surface area contributed by atoms with Crippen molar-refractivity contribution in [2.75, 3.05) is 13.1 Å². The highest BCUT2D eigenvalue weighted by Crippen LogP contribution is 2.14. The monoisotopic (exact) mass is 294 g/mol. The highest BCUT2D eigenvalue weighted by atomic mass is 16.6. The Kier molecular flexibility index (Phi) is 6.32. The molecule has 1 aromatic rings. The summed E-state index contributed by atoms with van der Waals surface area (Å²) in [4.78, 5) is 34.5. The maximum absolute atomic E-state index is 12.3. The second-order valence-corrected chi connectivity index (χ2v) is 4.59.